The molecule has 12 heavy (non-hydrogen) atoms. The molecule has 0 rings (SSSR count). The molecule has 0 aromatic carbocycles. The van der Waals surface area contributed by atoms with E-state index in [1.165, 1.54) is 0 Å². The number of phosphoric acid groups is 1. The first-order valence-corrected chi connectivity index (χ1v) is 4.65. The van der Waals surface area contributed by atoms with Gasteiger partial charge in [-0.1, -0.05) is 0 Å². The summed E-state index contributed by atoms with van der Waals surface area (Å²) in [5.41, 5.74) is 10.5. The van der Waals surface area contributed by atoms with Crippen molar-refractivity contribution in [1.82, 2.24) is 0 Å². The zero-order chi connectivity index (χ0) is 10.4. The van der Waals surface area contributed by atoms with Crippen LogP contribution in [-0.4, -0.2) is 38.5 Å². The molecule has 0 fully saturated rings. The Hall–Kier alpha value is -0.0100. The number of nitrogens with two attached hydrogens (primary N) is 2. The van der Waals surface area contributed by atoms with E-state index in [-0.39, 0.29) is 18.7 Å². The molecule has 0 saturated heterocycles. The number of rotatable bonds is 2. The Morgan fingerprint density at radius 3 is 1.58 bits per heavy atom. The van der Waals surface area contributed by atoms with E-state index in [9.17, 15) is 0 Å². The van der Waals surface area contributed by atoms with Gasteiger partial charge in [0, 0.05) is 12.1 Å². The van der Waals surface area contributed by atoms with Gasteiger partial charge in [0.1, 0.15) is 0 Å². The van der Waals surface area contributed by atoms with Gasteiger partial charge in [0.05, 0.1) is 6.61 Å². The molecule has 0 aliphatic heterocycles. The Balaban J connectivity index is 0. The Kier molecular flexibility index (Phi) is 7.86. The van der Waals surface area contributed by atoms with Gasteiger partial charge in [0.25, 0.3) is 0 Å². The number of aliphatic hydroxyl groups excluding tert-OH is 1. The third kappa shape index (κ3) is 22.5. The third-order valence-electron chi connectivity index (χ3n) is 0.886. The summed E-state index contributed by atoms with van der Waals surface area (Å²) in [6, 6.07) is -0.370. The molecule has 0 aliphatic carbocycles. The lowest BCUT2D eigenvalue weighted by Gasteiger charge is -2.10. The fourth-order valence-corrected chi connectivity index (χ4v) is 0.166. The molecule has 0 radical (unpaired) electrons. The van der Waals surface area contributed by atoms with Crippen LogP contribution in [-0.2, 0) is 4.57 Å². The van der Waals surface area contributed by atoms with Gasteiger partial charge in [0.2, 0.25) is 0 Å². The van der Waals surface area contributed by atoms with Crippen molar-refractivity contribution in [2.45, 2.75) is 19.0 Å². The maximum Gasteiger partial charge on any atom is 0.466 e. The van der Waals surface area contributed by atoms with Crippen LogP contribution in [0.5, 0.6) is 0 Å². The first-order valence-electron chi connectivity index (χ1n) is 3.08. The molecule has 8 heteroatoms. The van der Waals surface area contributed by atoms with Crippen LogP contribution in [0.3, 0.4) is 0 Å². The largest absolute Gasteiger partial charge is 0.466 e. The highest BCUT2D eigenvalue weighted by Gasteiger charge is 2.03. The van der Waals surface area contributed by atoms with E-state index in [0.29, 0.717) is 0 Å². The Morgan fingerprint density at radius 2 is 1.58 bits per heavy atom. The quantitative estimate of drug-likeness (QED) is 0.276. The van der Waals surface area contributed by atoms with E-state index in [4.69, 9.17) is 35.8 Å². The molecule has 0 heterocycles. The summed E-state index contributed by atoms with van der Waals surface area (Å²) >= 11 is 0. The molecular weight excluding hydrogens is 187 g/mol. The fraction of sp³-hybridized carbons (Fsp3) is 1.00. The summed E-state index contributed by atoms with van der Waals surface area (Å²) in [6.45, 7) is 1.73. The summed E-state index contributed by atoms with van der Waals surface area (Å²) in [5.74, 6) is 0. The van der Waals surface area contributed by atoms with Crippen LogP contribution in [0, 0.1) is 0 Å². The predicted octanol–water partition coefficient (Wildman–Crippen LogP) is -2.28. The second-order valence-electron chi connectivity index (χ2n) is 2.22. The minimum absolute atomic E-state index is 0.0301. The summed E-state index contributed by atoms with van der Waals surface area (Å²) in [6.07, 6.45) is 0. The molecule has 0 bridgehead atoms. The minimum Gasteiger partial charge on any atom is -0.395 e. The molecule has 0 aromatic rings. The zero-order valence-corrected chi connectivity index (χ0v) is 7.56. The number of hydrogen-bond acceptors (Lipinski definition) is 4. The SMILES string of the molecule is CC(N)C(N)CO.O=P(O)(O)O. The smallest absolute Gasteiger partial charge is 0.395 e. The highest BCUT2D eigenvalue weighted by Crippen LogP contribution is 2.25. The highest BCUT2D eigenvalue weighted by atomic mass is 31.2. The number of aliphatic hydroxyl groups is 1. The maximum absolute atomic E-state index is 8.88. The summed E-state index contributed by atoms with van der Waals surface area (Å²) < 4.78 is 8.88. The zero-order valence-electron chi connectivity index (χ0n) is 6.66. The summed E-state index contributed by atoms with van der Waals surface area (Å²) in [4.78, 5) is 21.6. The van der Waals surface area contributed by atoms with Crippen LogP contribution in [0.2, 0.25) is 0 Å². The molecule has 0 saturated carbocycles. The number of hydrogen-bond donors (Lipinski definition) is 6. The summed E-state index contributed by atoms with van der Waals surface area (Å²) in [7, 11) is -4.64. The van der Waals surface area contributed by atoms with Crippen molar-refractivity contribution in [3.05, 3.63) is 0 Å². The van der Waals surface area contributed by atoms with E-state index in [1.807, 2.05) is 0 Å². The minimum atomic E-state index is -4.64. The van der Waals surface area contributed by atoms with Crippen LogP contribution in [0.25, 0.3) is 0 Å². The second kappa shape index (κ2) is 6.50. The summed E-state index contributed by atoms with van der Waals surface area (Å²) in [5, 5.41) is 8.30. The van der Waals surface area contributed by atoms with Crippen LogP contribution >= 0.6 is 7.82 Å². The third-order valence-corrected chi connectivity index (χ3v) is 0.886. The van der Waals surface area contributed by atoms with Crippen molar-refractivity contribution in [2.24, 2.45) is 11.5 Å². The van der Waals surface area contributed by atoms with Gasteiger partial charge in [-0.05, 0) is 6.92 Å². The molecule has 2 unspecified atom stereocenters. The van der Waals surface area contributed by atoms with Crippen molar-refractivity contribution in [3.8, 4) is 0 Å². The van der Waals surface area contributed by atoms with Gasteiger partial charge < -0.3 is 31.3 Å². The highest BCUT2D eigenvalue weighted by molar-refractivity contribution is 7.45. The van der Waals surface area contributed by atoms with Crippen LogP contribution < -0.4 is 11.5 Å². The lowest BCUT2D eigenvalue weighted by molar-refractivity contribution is 0.253. The van der Waals surface area contributed by atoms with Crippen molar-refractivity contribution in [2.75, 3.05) is 6.61 Å². The van der Waals surface area contributed by atoms with Gasteiger partial charge in [-0.25, -0.2) is 4.57 Å². The van der Waals surface area contributed by atoms with E-state index in [2.05, 4.69) is 0 Å². The molecule has 0 spiro atoms. The van der Waals surface area contributed by atoms with Gasteiger partial charge in [0.15, 0.2) is 0 Å². The van der Waals surface area contributed by atoms with E-state index in [1.54, 1.807) is 6.92 Å². The first-order chi connectivity index (χ1) is 5.18. The monoisotopic (exact) mass is 202 g/mol. The van der Waals surface area contributed by atoms with Crippen molar-refractivity contribution < 1.29 is 24.4 Å². The van der Waals surface area contributed by atoms with E-state index < -0.39 is 7.82 Å². The second-order valence-corrected chi connectivity index (χ2v) is 3.25. The van der Waals surface area contributed by atoms with Crippen molar-refractivity contribution in [3.63, 3.8) is 0 Å². The van der Waals surface area contributed by atoms with Crippen LogP contribution in [0.1, 0.15) is 6.92 Å². The lowest BCUT2D eigenvalue weighted by Crippen LogP contribution is -2.41. The lowest BCUT2D eigenvalue weighted by atomic mass is 10.2. The fourth-order valence-electron chi connectivity index (χ4n) is 0.166. The molecule has 76 valence electrons. The molecular formula is C4H15N2O5P. The average Bonchev–Trinajstić information content (AvgIpc) is 1.82. The maximum atomic E-state index is 8.88. The molecule has 0 aliphatic rings. The van der Waals surface area contributed by atoms with Gasteiger partial charge in [-0.2, -0.15) is 0 Å². The van der Waals surface area contributed by atoms with E-state index >= 15 is 0 Å². The standard InChI is InChI=1S/C4H12N2O.H3O4P/c1-3(5)4(6)2-7;1-5(2,3)4/h3-4,7H,2,5-6H2,1H3;(H3,1,2,3,4). The van der Waals surface area contributed by atoms with Crippen LogP contribution in [0.4, 0.5) is 0 Å². The van der Waals surface area contributed by atoms with Crippen molar-refractivity contribution in [1.29, 1.82) is 0 Å². The molecule has 2 atom stereocenters. The molecule has 0 amide bonds. The van der Waals surface area contributed by atoms with E-state index in [0.717, 1.165) is 0 Å². The molecule has 8 N–H and O–H groups in total. The van der Waals surface area contributed by atoms with Crippen molar-refractivity contribution >= 4 is 7.82 Å². The average molecular weight is 202 g/mol. The molecule has 0 aromatic heterocycles. The van der Waals surface area contributed by atoms with Gasteiger partial charge >= 0.3 is 7.82 Å². The normalized spacial score (nSPS) is 15.9. The Morgan fingerprint density at radius 1 is 1.33 bits per heavy atom. The van der Waals surface area contributed by atoms with Gasteiger partial charge in [-0.15, -0.1) is 0 Å². The Bertz CT molecular complexity index is 138. The topological polar surface area (TPSA) is 150 Å². The van der Waals surface area contributed by atoms with Gasteiger partial charge in [-0.3, -0.25) is 0 Å². The molecule has 7 nitrogen and oxygen atoms in total. The predicted molar refractivity (Wildman–Crippen MR) is 43.0 cm³/mol. The Labute approximate surface area is 70.2 Å². The first kappa shape index (κ1) is 14.5. The van der Waals surface area contributed by atoms with Crippen LogP contribution in [0.15, 0.2) is 0 Å².